The minimum atomic E-state index is -0.874. The number of rotatable bonds is 5. The molecule has 1 saturated carbocycles. The predicted molar refractivity (Wildman–Crippen MR) is 112 cm³/mol. The standard InChI is InChI=1S/C23H26F2N4O3/c1-5-18(21(31)29-26-12(2)30)32-23-10-9-14(22(23,3)4)13-11-17(27-28-20(13)23)19-15(24)7-6-8-16(19)25/h6-8,11,14,18H,5,9-10H2,1-4H3,(H,26,30)(H,29,31)/t14-,18?,23-/m0/s1. The van der Waals surface area contributed by atoms with E-state index in [1.54, 1.807) is 6.07 Å². The van der Waals surface area contributed by atoms with Gasteiger partial charge in [0, 0.05) is 12.3 Å². The molecule has 2 aliphatic carbocycles. The number of benzene rings is 1. The van der Waals surface area contributed by atoms with E-state index in [9.17, 15) is 18.4 Å². The van der Waals surface area contributed by atoms with Crippen LogP contribution in [0.15, 0.2) is 24.3 Å². The van der Waals surface area contributed by atoms with Crippen LogP contribution in [0.1, 0.15) is 64.1 Å². The summed E-state index contributed by atoms with van der Waals surface area (Å²) in [4.78, 5) is 23.8. The molecule has 9 heteroatoms. The fraction of sp³-hybridized carbons (Fsp3) is 0.478. The van der Waals surface area contributed by atoms with Crippen molar-refractivity contribution in [1.82, 2.24) is 21.0 Å². The normalized spacial score (nSPS) is 23.5. The molecule has 1 aromatic heterocycles. The zero-order valence-electron chi connectivity index (χ0n) is 18.5. The van der Waals surface area contributed by atoms with E-state index in [-0.39, 0.29) is 17.2 Å². The first-order chi connectivity index (χ1) is 15.1. The van der Waals surface area contributed by atoms with E-state index in [0.29, 0.717) is 18.5 Å². The van der Waals surface area contributed by atoms with Gasteiger partial charge in [-0.1, -0.05) is 26.8 Å². The number of nitrogens with zero attached hydrogens (tertiary/aromatic N) is 2. The third kappa shape index (κ3) is 3.26. The fourth-order valence-electron chi connectivity index (χ4n) is 5.19. The molecular weight excluding hydrogens is 418 g/mol. The van der Waals surface area contributed by atoms with Gasteiger partial charge in [-0.3, -0.25) is 20.4 Å². The van der Waals surface area contributed by atoms with Crippen molar-refractivity contribution in [3.8, 4) is 11.3 Å². The number of carbonyl (C=O) groups excluding carboxylic acids is 2. The number of hydrogen-bond acceptors (Lipinski definition) is 5. The Kier molecular flexibility index (Phi) is 5.48. The maximum absolute atomic E-state index is 14.3. The summed E-state index contributed by atoms with van der Waals surface area (Å²) in [7, 11) is 0. The molecule has 0 saturated heterocycles. The minimum Gasteiger partial charge on any atom is -0.355 e. The second-order valence-corrected chi connectivity index (χ2v) is 8.96. The second-order valence-electron chi connectivity index (χ2n) is 8.96. The van der Waals surface area contributed by atoms with Gasteiger partial charge in [-0.25, -0.2) is 8.78 Å². The van der Waals surface area contributed by atoms with Gasteiger partial charge in [0.15, 0.2) is 0 Å². The third-order valence-corrected chi connectivity index (χ3v) is 6.87. The van der Waals surface area contributed by atoms with Gasteiger partial charge >= 0.3 is 0 Å². The van der Waals surface area contributed by atoms with Crippen LogP contribution >= 0.6 is 0 Å². The molecule has 1 aromatic carbocycles. The van der Waals surface area contributed by atoms with Gasteiger partial charge < -0.3 is 4.74 Å². The lowest BCUT2D eigenvalue weighted by Gasteiger charge is -2.39. The molecule has 1 heterocycles. The van der Waals surface area contributed by atoms with Crippen molar-refractivity contribution in [2.24, 2.45) is 5.41 Å². The summed E-state index contributed by atoms with van der Waals surface area (Å²) >= 11 is 0. The molecule has 1 unspecified atom stereocenters. The smallest absolute Gasteiger partial charge is 0.267 e. The summed E-state index contributed by atoms with van der Waals surface area (Å²) in [5.74, 6) is -2.21. The number of nitrogens with one attached hydrogen (secondary N) is 2. The Bertz CT molecular complexity index is 1070. The number of ether oxygens (including phenoxy) is 1. The van der Waals surface area contributed by atoms with Crippen LogP contribution < -0.4 is 10.9 Å². The van der Waals surface area contributed by atoms with Crippen molar-refractivity contribution >= 4 is 11.8 Å². The molecular formula is C23H26F2N4O3. The van der Waals surface area contributed by atoms with Crippen LogP contribution in [0.5, 0.6) is 0 Å². The van der Waals surface area contributed by atoms with Crippen molar-refractivity contribution in [1.29, 1.82) is 0 Å². The Morgan fingerprint density at radius 2 is 1.91 bits per heavy atom. The number of fused-ring (bicyclic) bond motifs is 5. The molecule has 1 fully saturated rings. The molecule has 7 nitrogen and oxygen atoms in total. The first kappa shape index (κ1) is 22.3. The van der Waals surface area contributed by atoms with Crippen LogP contribution in [0.4, 0.5) is 8.78 Å². The summed E-state index contributed by atoms with van der Waals surface area (Å²) in [6.07, 6.45) is 0.990. The molecule has 2 N–H and O–H groups in total. The monoisotopic (exact) mass is 444 g/mol. The molecule has 4 rings (SSSR count). The molecule has 2 bridgehead atoms. The quantitative estimate of drug-likeness (QED) is 0.689. The first-order valence-electron chi connectivity index (χ1n) is 10.7. The van der Waals surface area contributed by atoms with Crippen LogP contribution in [0.3, 0.4) is 0 Å². The Morgan fingerprint density at radius 1 is 1.22 bits per heavy atom. The molecule has 170 valence electrons. The Labute approximate surface area is 184 Å². The van der Waals surface area contributed by atoms with Gasteiger partial charge in [-0.15, -0.1) is 5.10 Å². The van der Waals surface area contributed by atoms with Gasteiger partial charge in [0.1, 0.15) is 23.3 Å². The van der Waals surface area contributed by atoms with Crippen molar-refractivity contribution < 1.29 is 23.1 Å². The van der Waals surface area contributed by atoms with Gasteiger partial charge in [-0.2, -0.15) is 5.10 Å². The number of hydrazine groups is 1. The maximum atomic E-state index is 14.3. The summed E-state index contributed by atoms with van der Waals surface area (Å²) < 4.78 is 35.1. The highest BCUT2D eigenvalue weighted by molar-refractivity contribution is 5.83. The van der Waals surface area contributed by atoms with Gasteiger partial charge in [-0.05, 0) is 48.9 Å². The van der Waals surface area contributed by atoms with Crippen molar-refractivity contribution in [3.63, 3.8) is 0 Å². The van der Waals surface area contributed by atoms with E-state index in [1.807, 2.05) is 20.8 Å². The van der Waals surface area contributed by atoms with E-state index in [2.05, 4.69) is 21.0 Å². The summed E-state index contributed by atoms with van der Waals surface area (Å²) in [6.45, 7) is 7.21. The van der Waals surface area contributed by atoms with Crippen LogP contribution in [0, 0.1) is 17.0 Å². The highest BCUT2D eigenvalue weighted by Gasteiger charge is 2.65. The topological polar surface area (TPSA) is 93.2 Å². The van der Waals surface area contributed by atoms with Crippen LogP contribution in [0.2, 0.25) is 0 Å². The van der Waals surface area contributed by atoms with E-state index in [1.165, 1.54) is 25.1 Å². The molecule has 2 aliphatic rings. The predicted octanol–water partition coefficient (Wildman–Crippen LogP) is 3.50. The maximum Gasteiger partial charge on any atom is 0.267 e. The molecule has 0 radical (unpaired) electrons. The minimum absolute atomic E-state index is 0.0393. The average Bonchev–Trinajstić information content (AvgIpc) is 3.10. The number of carbonyl (C=O) groups is 2. The molecule has 32 heavy (non-hydrogen) atoms. The third-order valence-electron chi connectivity index (χ3n) is 6.87. The van der Waals surface area contributed by atoms with E-state index >= 15 is 0 Å². The van der Waals surface area contributed by atoms with E-state index < -0.39 is 40.6 Å². The second kappa shape index (κ2) is 7.88. The lowest BCUT2D eigenvalue weighted by Crippen LogP contribution is -2.50. The lowest BCUT2D eigenvalue weighted by molar-refractivity contribution is -0.169. The summed E-state index contributed by atoms with van der Waals surface area (Å²) in [6, 6.07) is 5.37. The van der Waals surface area contributed by atoms with E-state index in [0.717, 1.165) is 12.0 Å². The largest absolute Gasteiger partial charge is 0.355 e. The van der Waals surface area contributed by atoms with Crippen molar-refractivity contribution in [2.45, 2.75) is 64.6 Å². The summed E-state index contributed by atoms with van der Waals surface area (Å²) in [5, 5.41) is 8.52. The van der Waals surface area contributed by atoms with Gasteiger partial charge in [0.2, 0.25) is 5.91 Å². The van der Waals surface area contributed by atoms with Crippen LogP contribution in [0.25, 0.3) is 11.3 Å². The van der Waals surface area contributed by atoms with Gasteiger partial charge in [0.25, 0.3) is 5.91 Å². The van der Waals surface area contributed by atoms with Crippen LogP contribution in [-0.4, -0.2) is 28.1 Å². The Balaban J connectivity index is 1.72. The molecule has 0 spiro atoms. The Hall–Kier alpha value is -2.94. The lowest BCUT2D eigenvalue weighted by atomic mass is 9.77. The zero-order chi connectivity index (χ0) is 23.3. The highest BCUT2D eigenvalue weighted by atomic mass is 19.1. The zero-order valence-corrected chi connectivity index (χ0v) is 18.5. The van der Waals surface area contributed by atoms with E-state index in [4.69, 9.17) is 4.74 Å². The fourth-order valence-corrected chi connectivity index (χ4v) is 5.19. The molecule has 2 aromatic rings. The van der Waals surface area contributed by atoms with Crippen molar-refractivity contribution in [2.75, 3.05) is 0 Å². The van der Waals surface area contributed by atoms with Crippen LogP contribution in [-0.2, 0) is 19.9 Å². The molecule has 3 atom stereocenters. The summed E-state index contributed by atoms with van der Waals surface area (Å²) in [5.41, 5.74) is 4.73. The highest BCUT2D eigenvalue weighted by Crippen LogP contribution is 2.68. The Morgan fingerprint density at radius 3 is 2.53 bits per heavy atom. The SMILES string of the molecule is CCC(O[C@@]12CC[C@@H](c3cc(-c4c(F)cccc4F)nnc31)C2(C)C)C(=O)NNC(C)=O. The van der Waals surface area contributed by atoms with Crippen molar-refractivity contribution in [3.05, 3.63) is 47.2 Å². The van der Waals surface area contributed by atoms with Gasteiger partial charge in [0.05, 0.1) is 17.0 Å². The number of hydrogen-bond donors (Lipinski definition) is 2. The average molecular weight is 444 g/mol. The molecule has 0 aliphatic heterocycles. The number of aromatic nitrogens is 2. The number of halogens is 2. The first-order valence-corrected chi connectivity index (χ1v) is 10.7. The number of amides is 2. The molecule has 2 amide bonds.